The van der Waals surface area contributed by atoms with Crippen molar-refractivity contribution in [3.05, 3.63) is 0 Å². The van der Waals surface area contributed by atoms with Crippen LogP contribution in [-0.2, 0) is 21.1 Å². The third kappa shape index (κ3) is 4.24. The molecule has 1 saturated carbocycles. The first kappa shape index (κ1) is 11.6. The maximum absolute atomic E-state index is 5.82. The van der Waals surface area contributed by atoms with Crippen molar-refractivity contribution in [2.45, 2.75) is 50.6 Å². The van der Waals surface area contributed by atoms with E-state index in [4.69, 9.17) is 11.5 Å². The fourth-order valence-corrected chi connectivity index (χ4v) is 1.54. The Bertz CT molecular complexity index is 86.1. The summed E-state index contributed by atoms with van der Waals surface area (Å²) in [5, 5.41) is 0. The molecule has 3 heteroatoms. The van der Waals surface area contributed by atoms with Crippen LogP contribution in [0.25, 0.3) is 0 Å². The molecule has 0 bridgehead atoms. The molecule has 0 aromatic carbocycles. The van der Waals surface area contributed by atoms with Gasteiger partial charge in [-0.1, -0.05) is 25.7 Å². The predicted molar refractivity (Wildman–Crippen MR) is 43.7 cm³/mol. The number of hydrogen-bond donors (Lipinski definition) is 2. The van der Waals surface area contributed by atoms with Gasteiger partial charge in [-0.05, 0) is 12.8 Å². The van der Waals surface area contributed by atoms with Crippen molar-refractivity contribution in [2.24, 2.45) is 11.5 Å². The number of rotatable bonds is 0. The fraction of sp³-hybridized carbons (Fsp3) is 1.00. The van der Waals surface area contributed by atoms with Crippen LogP contribution in [0.2, 0.25) is 0 Å². The van der Waals surface area contributed by atoms with E-state index in [0.29, 0.717) is 0 Å². The maximum atomic E-state index is 5.82. The zero-order valence-corrected chi connectivity index (χ0v) is 9.14. The Morgan fingerprint density at radius 1 is 0.727 bits per heavy atom. The molecule has 68 valence electrons. The van der Waals surface area contributed by atoms with Crippen LogP contribution in [0, 0.1) is 0 Å². The van der Waals surface area contributed by atoms with E-state index in [9.17, 15) is 0 Å². The summed E-state index contributed by atoms with van der Waals surface area (Å²) < 4.78 is 0. The Morgan fingerprint density at radius 3 is 1.45 bits per heavy atom. The standard InChI is InChI=1S/C8H18N2.Pt/c9-7-5-3-1-2-4-6-8(7)10;/h7-8H,1-6,9-10H2;/q;+2/t7-,8-;/m1./s1. The van der Waals surface area contributed by atoms with Gasteiger partial charge in [0, 0.05) is 12.1 Å². The molecule has 0 unspecified atom stereocenters. The first-order chi connectivity index (χ1) is 4.80. The predicted octanol–water partition coefficient (Wildman–Crippen LogP) is 0.993. The van der Waals surface area contributed by atoms with E-state index >= 15 is 0 Å². The summed E-state index contributed by atoms with van der Waals surface area (Å²) >= 11 is 0. The molecule has 11 heavy (non-hydrogen) atoms. The van der Waals surface area contributed by atoms with E-state index in [1.165, 1.54) is 25.7 Å². The molecule has 2 nitrogen and oxygen atoms in total. The molecule has 0 aliphatic heterocycles. The van der Waals surface area contributed by atoms with Crippen molar-refractivity contribution in [1.82, 2.24) is 0 Å². The van der Waals surface area contributed by atoms with E-state index in [1.807, 2.05) is 0 Å². The van der Waals surface area contributed by atoms with Gasteiger partial charge in [-0.25, -0.2) is 0 Å². The monoisotopic (exact) mass is 337 g/mol. The van der Waals surface area contributed by atoms with Gasteiger partial charge in [0.2, 0.25) is 0 Å². The summed E-state index contributed by atoms with van der Waals surface area (Å²) in [5.74, 6) is 0. The quantitative estimate of drug-likeness (QED) is 0.693. The normalized spacial score (nSPS) is 33.3. The topological polar surface area (TPSA) is 52.0 Å². The Hall–Kier alpha value is 0.608. The molecular formula is C8H18N2Pt+2. The van der Waals surface area contributed by atoms with Crippen molar-refractivity contribution in [2.75, 3.05) is 0 Å². The molecule has 4 N–H and O–H groups in total. The fourth-order valence-electron chi connectivity index (χ4n) is 1.54. The molecule has 0 radical (unpaired) electrons. The molecule has 0 aromatic heterocycles. The van der Waals surface area contributed by atoms with Crippen LogP contribution in [0.15, 0.2) is 0 Å². The molecule has 1 aliphatic carbocycles. The summed E-state index contributed by atoms with van der Waals surface area (Å²) in [6.45, 7) is 0. The first-order valence-electron chi connectivity index (χ1n) is 4.32. The molecule has 0 amide bonds. The van der Waals surface area contributed by atoms with Crippen molar-refractivity contribution in [1.29, 1.82) is 0 Å². The Kier molecular flexibility index (Phi) is 6.50. The summed E-state index contributed by atoms with van der Waals surface area (Å²) in [5.41, 5.74) is 11.6. The van der Waals surface area contributed by atoms with Crippen molar-refractivity contribution >= 4 is 0 Å². The zero-order valence-electron chi connectivity index (χ0n) is 6.87. The van der Waals surface area contributed by atoms with Gasteiger partial charge in [-0.2, -0.15) is 0 Å². The largest absolute Gasteiger partial charge is 2.00 e. The molecule has 1 aliphatic rings. The van der Waals surface area contributed by atoms with Crippen LogP contribution in [0.4, 0.5) is 0 Å². The van der Waals surface area contributed by atoms with Gasteiger partial charge in [0.1, 0.15) is 0 Å². The van der Waals surface area contributed by atoms with Gasteiger partial charge in [0.25, 0.3) is 0 Å². The minimum absolute atomic E-state index is 0. The van der Waals surface area contributed by atoms with Gasteiger partial charge in [-0.15, -0.1) is 0 Å². The Morgan fingerprint density at radius 2 is 1.09 bits per heavy atom. The van der Waals surface area contributed by atoms with Crippen molar-refractivity contribution in [3.63, 3.8) is 0 Å². The molecule has 0 saturated heterocycles. The second-order valence-corrected chi connectivity index (χ2v) is 3.32. The van der Waals surface area contributed by atoms with E-state index in [0.717, 1.165) is 12.8 Å². The van der Waals surface area contributed by atoms with Gasteiger partial charge in [0.05, 0.1) is 0 Å². The van der Waals surface area contributed by atoms with E-state index in [1.54, 1.807) is 0 Å². The molecular weight excluding hydrogens is 319 g/mol. The van der Waals surface area contributed by atoms with Crippen LogP contribution < -0.4 is 11.5 Å². The number of nitrogens with two attached hydrogens (primary N) is 2. The van der Waals surface area contributed by atoms with Gasteiger partial charge in [-0.3, -0.25) is 0 Å². The smallest absolute Gasteiger partial charge is 0.326 e. The first-order valence-corrected chi connectivity index (χ1v) is 4.32. The number of hydrogen-bond acceptors (Lipinski definition) is 2. The van der Waals surface area contributed by atoms with E-state index < -0.39 is 0 Å². The summed E-state index contributed by atoms with van der Waals surface area (Å²) in [4.78, 5) is 0. The molecule has 1 rings (SSSR count). The molecule has 0 spiro atoms. The maximum Gasteiger partial charge on any atom is 2.00 e. The Balaban J connectivity index is 0.000001000. The molecule has 0 heterocycles. The van der Waals surface area contributed by atoms with Crippen LogP contribution in [-0.4, -0.2) is 12.1 Å². The summed E-state index contributed by atoms with van der Waals surface area (Å²) in [7, 11) is 0. The molecule has 0 aromatic rings. The van der Waals surface area contributed by atoms with Crippen LogP contribution in [0.1, 0.15) is 38.5 Å². The average Bonchev–Trinajstić information content (AvgIpc) is 1.92. The minimum atomic E-state index is 0. The van der Waals surface area contributed by atoms with Gasteiger partial charge in [0.15, 0.2) is 0 Å². The van der Waals surface area contributed by atoms with Crippen LogP contribution >= 0.6 is 0 Å². The van der Waals surface area contributed by atoms with Crippen molar-refractivity contribution in [3.8, 4) is 0 Å². The minimum Gasteiger partial charge on any atom is -0.326 e. The third-order valence-electron chi connectivity index (χ3n) is 2.37. The second kappa shape index (κ2) is 6.16. The third-order valence-corrected chi connectivity index (χ3v) is 2.37. The Labute approximate surface area is 83.4 Å². The molecule has 2 atom stereocenters. The SMILES string of the molecule is N[C@@H]1CCCCCC[C@H]1N.[Pt+2]. The van der Waals surface area contributed by atoms with Crippen LogP contribution in [0.3, 0.4) is 0 Å². The van der Waals surface area contributed by atoms with Gasteiger partial charge >= 0.3 is 21.1 Å². The summed E-state index contributed by atoms with van der Waals surface area (Å²) in [6, 6.07) is 0.528. The average molecular weight is 337 g/mol. The van der Waals surface area contributed by atoms with E-state index in [-0.39, 0.29) is 33.1 Å². The van der Waals surface area contributed by atoms with E-state index in [2.05, 4.69) is 0 Å². The zero-order chi connectivity index (χ0) is 7.40. The second-order valence-electron chi connectivity index (χ2n) is 3.32. The molecule has 1 fully saturated rings. The van der Waals surface area contributed by atoms with Gasteiger partial charge < -0.3 is 11.5 Å². The summed E-state index contributed by atoms with van der Waals surface area (Å²) in [6.07, 6.45) is 7.49. The van der Waals surface area contributed by atoms with Crippen molar-refractivity contribution < 1.29 is 21.1 Å². The van der Waals surface area contributed by atoms with Crippen LogP contribution in [0.5, 0.6) is 0 Å².